The van der Waals surface area contributed by atoms with Crippen molar-refractivity contribution in [3.63, 3.8) is 0 Å². The Labute approximate surface area is 205 Å². The first-order valence-electron chi connectivity index (χ1n) is 13.1. The van der Waals surface area contributed by atoms with Crippen molar-refractivity contribution in [1.29, 1.82) is 0 Å². The number of aromatic nitrogens is 1. The Bertz CT molecular complexity index is 1040. The predicted molar refractivity (Wildman–Crippen MR) is 142 cm³/mol. The third-order valence-corrected chi connectivity index (χ3v) is 9.98. The third kappa shape index (κ3) is 3.53. The number of pyridine rings is 1. The zero-order valence-electron chi connectivity index (χ0n) is 22.4. The fourth-order valence-electron chi connectivity index (χ4n) is 7.78. The summed E-state index contributed by atoms with van der Waals surface area (Å²) >= 11 is 0. The summed E-state index contributed by atoms with van der Waals surface area (Å²) < 4.78 is 0. The average molecular weight is 460 g/mol. The van der Waals surface area contributed by atoms with E-state index in [1.807, 2.05) is 32.0 Å². The summed E-state index contributed by atoms with van der Waals surface area (Å²) in [4.78, 5) is 4.87. The number of hydrogen-bond acceptors (Lipinski definition) is 5. The van der Waals surface area contributed by atoms with Crippen molar-refractivity contribution in [1.82, 2.24) is 4.98 Å². The van der Waals surface area contributed by atoms with E-state index in [-0.39, 0.29) is 21.7 Å². The average Bonchev–Trinajstić information content (AvgIpc) is 3.46. The Hall–Kier alpha value is -2.17. The fraction of sp³-hybridized carbons (Fsp3) is 0.690. The van der Waals surface area contributed by atoms with Gasteiger partial charge in [-0.2, -0.15) is 20.4 Å². The van der Waals surface area contributed by atoms with Crippen LogP contribution in [0.4, 0.5) is 0 Å². The van der Waals surface area contributed by atoms with Gasteiger partial charge in [0.05, 0.1) is 34.2 Å². The van der Waals surface area contributed by atoms with Crippen LogP contribution in [0.2, 0.25) is 0 Å². The smallest absolute Gasteiger partial charge is 0.0868 e. The van der Waals surface area contributed by atoms with Crippen molar-refractivity contribution in [2.45, 2.75) is 93.9 Å². The molecule has 0 aliphatic heterocycles. The topological polar surface area (TPSA) is 62.3 Å². The Morgan fingerprint density at radius 3 is 1.50 bits per heavy atom. The van der Waals surface area contributed by atoms with E-state index in [0.717, 1.165) is 34.6 Å². The molecule has 0 N–H and O–H groups in total. The Morgan fingerprint density at radius 2 is 1.15 bits per heavy atom. The van der Waals surface area contributed by atoms with Crippen LogP contribution >= 0.6 is 0 Å². The van der Waals surface area contributed by atoms with Crippen LogP contribution in [0.25, 0.3) is 0 Å². The first-order valence-corrected chi connectivity index (χ1v) is 13.1. The van der Waals surface area contributed by atoms with E-state index in [1.54, 1.807) is 0 Å². The lowest BCUT2D eigenvalue weighted by atomic mass is 9.71. The predicted octanol–water partition coefficient (Wildman–Crippen LogP) is 7.10. The van der Waals surface area contributed by atoms with E-state index in [0.29, 0.717) is 0 Å². The molecule has 5 nitrogen and oxygen atoms in total. The minimum Gasteiger partial charge on any atom is -0.245 e. The lowest BCUT2D eigenvalue weighted by molar-refractivity contribution is 0.332. The molecule has 4 aliphatic carbocycles. The highest BCUT2D eigenvalue weighted by atomic mass is 15.2. The van der Waals surface area contributed by atoms with Gasteiger partial charge in [-0.15, -0.1) is 0 Å². The molecule has 34 heavy (non-hydrogen) atoms. The molecule has 1 aromatic heterocycles. The van der Waals surface area contributed by atoms with Crippen LogP contribution in [0, 0.1) is 33.5 Å². The van der Waals surface area contributed by atoms with E-state index in [2.05, 4.69) is 51.7 Å². The van der Waals surface area contributed by atoms with Crippen LogP contribution in [0.3, 0.4) is 0 Å². The van der Waals surface area contributed by atoms with Crippen molar-refractivity contribution >= 4 is 22.8 Å². The third-order valence-electron chi connectivity index (χ3n) is 9.98. The lowest BCUT2D eigenvalue weighted by Gasteiger charge is -2.34. The van der Waals surface area contributed by atoms with E-state index < -0.39 is 0 Å². The molecule has 0 radical (unpaired) electrons. The van der Waals surface area contributed by atoms with Crippen LogP contribution in [0.1, 0.15) is 105 Å². The first-order chi connectivity index (χ1) is 15.9. The molecule has 1 heterocycles. The van der Waals surface area contributed by atoms with Crippen LogP contribution in [0.15, 0.2) is 38.6 Å². The molecule has 182 valence electrons. The molecule has 2 unspecified atom stereocenters. The summed E-state index contributed by atoms with van der Waals surface area (Å²) in [5.41, 5.74) is 6.61. The molecule has 5 rings (SSSR count). The van der Waals surface area contributed by atoms with E-state index >= 15 is 0 Å². The van der Waals surface area contributed by atoms with Gasteiger partial charge in [0.2, 0.25) is 0 Å². The highest BCUT2D eigenvalue weighted by Gasteiger charge is 2.58. The summed E-state index contributed by atoms with van der Waals surface area (Å²) in [5.74, 6) is 1.46. The van der Waals surface area contributed by atoms with Crippen molar-refractivity contribution in [2.75, 3.05) is 0 Å². The number of rotatable bonds is 4. The summed E-state index contributed by atoms with van der Waals surface area (Å²) in [7, 11) is 0. The molecule has 0 spiro atoms. The van der Waals surface area contributed by atoms with E-state index in [4.69, 9.17) is 15.2 Å². The molecular weight excluding hydrogens is 418 g/mol. The van der Waals surface area contributed by atoms with E-state index in [9.17, 15) is 0 Å². The minimum absolute atomic E-state index is 0.137. The molecule has 4 bridgehead atoms. The van der Waals surface area contributed by atoms with Gasteiger partial charge in [-0.1, -0.05) is 47.6 Å². The zero-order chi connectivity index (χ0) is 24.5. The van der Waals surface area contributed by atoms with Crippen LogP contribution in [-0.4, -0.2) is 27.8 Å². The molecular formula is C29H41N5. The molecule has 0 saturated heterocycles. The first kappa shape index (κ1) is 23.6. The molecule has 0 aromatic carbocycles. The Kier molecular flexibility index (Phi) is 5.31. The highest BCUT2D eigenvalue weighted by molar-refractivity contribution is 6.03. The maximum Gasteiger partial charge on any atom is 0.0868 e. The molecule has 4 saturated carbocycles. The standard InChI is InChI=1S/C29H41N5/c1-18(31-33-24-26(3,4)20-12-14-28(24,7)16-20)22-10-9-11-23(30-22)19(2)32-34-25-27(5,6)21-13-15-29(25,8)17-21/h9-11,20-21H,12-17H2,1-8H3/b31-18+,32-19+,33-24-,34-25-/t20?,21?,28-,29-/m1/s1. The highest BCUT2D eigenvalue weighted by Crippen LogP contribution is 2.61. The quantitative estimate of drug-likeness (QED) is 0.350. The largest absolute Gasteiger partial charge is 0.245 e. The molecule has 0 amide bonds. The van der Waals surface area contributed by atoms with Gasteiger partial charge in [-0.25, -0.2) is 4.98 Å². The molecule has 4 fully saturated rings. The molecule has 1 aromatic rings. The van der Waals surface area contributed by atoms with Crippen LogP contribution in [-0.2, 0) is 0 Å². The van der Waals surface area contributed by atoms with Gasteiger partial charge in [0.25, 0.3) is 0 Å². The Morgan fingerprint density at radius 1 is 0.735 bits per heavy atom. The van der Waals surface area contributed by atoms with Crippen molar-refractivity contribution < 1.29 is 0 Å². The number of hydrogen-bond donors (Lipinski definition) is 0. The zero-order valence-corrected chi connectivity index (χ0v) is 22.4. The summed E-state index contributed by atoms with van der Waals surface area (Å²) in [6, 6.07) is 6.05. The number of nitrogens with zero attached hydrogens (tertiary/aromatic N) is 5. The van der Waals surface area contributed by atoms with Gasteiger partial charge in [0.15, 0.2) is 0 Å². The SMILES string of the molecule is C/C(=N\N=C1\C(C)(C)C2CC[C@]1(C)C2)c1cccc(/C(C)=N/N=C2/C(C)(C)C3CC[C@]2(C)C3)n1. The van der Waals surface area contributed by atoms with E-state index in [1.165, 1.54) is 49.9 Å². The second kappa shape index (κ2) is 7.66. The van der Waals surface area contributed by atoms with Gasteiger partial charge in [-0.3, -0.25) is 0 Å². The van der Waals surface area contributed by atoms with Crippen molar-refractivity contribution in [3.8, 4) is 0 Å². The van der Waals surface area contributed by atoms with Crippen molar-refractivity contribution in [3.05, 3.63) is 29.6 Å². The summed E-state index contributed by atoms with van der Waals surface area (Å²) in [6.45, 7) is 18.1. The summed E-state index contributed by atoms with van der Waals surface area (Å²) in [5, 5.41) is 19.0. The second-order valence-corrected chi connectivity index (χ2v) is 13.1. The normalized spacial score (nSPS) is 38.5. The molecule has 5 heteroatoms. The van der Waals surface area contributed by atoms with Gasteiger partial charge >= 0.3 is 0 Å². The van der Waals surface area contributed by atoms with Crippen LogP contribution in [0.5, 0.6) is 0 Å². The monoisotopic (exact) mass is 459 g/mol. The van der Waals surface area contributed by atoms with Gasteiger partial charge in [0.1, 0.15) is 0 Å². The Balaban J connectivity index is 1.40. The van der Waals surface area contributed by atoms with Crippen molar-refractivity contribution in [2.24, 2.45) is 53.9 Å². The molecule has 4 atom stereocenters. The van der Waals surface area contributed by atoms with Gasteiger partial charge in [-0.05, 0) is 76.3 Å². The minimum atomic E-state index is 0.137. The van der Waals surface area contributed by atoms with Crippen LogP contribution < -0.4 is 0 Å². The maximum atomic E-state index is 4.87. The van der Waals surface area contributed by atoms with Gasteiger partial charge in [0, 0.05) is 21.7 Å². The second-order valence-electron chi connectivity index (χ2n) is 13.1. The maximum absolute atomic E-state index is 4.87. The van der Waals surface area contributed by atoms with Gasteiger partial charge < -0.3 is 0 Å². The lowest BCUT2D eigenvalue weighted by Crippen LogP contribution is -2.35. The number of fused-ring (bicyclic) bond motifs is 4. The summed E-state index contributed by atoms with van der Waals surface area (Å²) in [6.07, 6.45) is 7.59. The molecule has 4 aliphatic rings. The fourth-order valence-corrected chi connectivity index (χ4v) is 7.78.